The minimum Gasteiger partial charge on any atom is -0.394 e. The average Bonchev–Trinajstić information content (AvgIpc) is 3.52. The Balaban J connectivity index is 1.42. The second-order valence-corrected chi connectivity index (χ2v) is 9.35. The third-order valence-corrected chi connectivity index (χ3v) is 7.12. The predicted octanol–water partition coefficient (Wildman–Crippen LogP) is 2.06. The summed E-state index contributed by atoms with van der Waals surface area (Å²) >= 11 is 5.64. The molecule has 0 amide bonds. The van der Waals surface area contributed by atoms with Gasteiger partial charge in [0.2, 0.25) is 0 Å². The number of rotatable bonds is 7. The van der Waals surface area contributed by atoms with Gasteiger partial charge in [0.1, 0.15) is 36.2 Å². The number of methoxy groups -OCH3 is 1. The molecule has 2 aromatic heterocycles. The van der Waals surface area contributed by atoms with Gasteiger partial charge in [-0.3, -0.25) is 0 Å². The van der Waals surface area contributed by atoms with Crippen LogP contribution in [-0.2, 0) is 15.9 Å². The van der Waals surface area contributed by atoms with E-state index in [-0.39, 0.29) is 28.7 Å². The van der Waals surface area contributed by atoms with Gasteiger partial charge in [-0.05, 0) is 25.0 Å². The molecule has 0 unspecified atom stereocenters. The van der Waals surface area contributed by atoms with Crippen LogP contribution >= 0.6 is 11.6 Å². The Kier molecular flexibility index (Phi) is 7.01. The highest BCUT2D eigenvalue weighted by Crippen LogP contribution is 2.36. The van der Waals surface area contributed by atoms with Crippen molar-refractivity contribution in [1.29, 1.82) is 0 Å². The first-order valence-electron chi connectivity index (χ1n) is 11.4. The Bertz CT molecular complexity index is 1230. The molecule has 7 atom stereocenters. The van der Waals surface area contributed by atoms with Gasteiger partial charge in [-0.1, -0.05) is 22.0 Å². The van der Waals surface area contributed by atoms with Crippen LogP contribution < -0.4 is 0 Å². The quantitative estimate of drug-likeness (QED) is 0.447. The van der Waals surface area contributed by atoms with Crippen LogP contribution in [0.15, 0.2) is 24.5 Å². The second kappa shape index (κ2) is 10.1. The summed E-state index contributed by atoms with van der Waals surface area (Å²) in [5, 5.41) is 36.5. The molecule has 1 aliphatic heterocycles. The van der Waals surface area contributed by atoms with Gasteiger partial charge in [0.05, 0.1) is 35.7 Å². The van der Waals surface area contributed by atoms with E-state index in [4.69, 9.17) is 21.1 Å². The van der Waals surface area contributed by atoms with E-state index in [1.807, 2.05) is 0 Å². The molecule has 0 spiro atoms. The van der Waals surface area contributed by atoms with Gasteiger partial charge in [-0.2, -0.15) is 0 Å². The number of ether oxygens (including phenoxy) is 2. The standard InChI is InChI=1S/C22H24ClF3N6O4/c1-35-22-16(6-10-7-31(29-27-10)15-5-4-13(15)24)36-17(9-33)21(34)20(22)32-8-14(28-30-32)11-2-3-12(23)19(26)18(11)25/h2-3,7-8,13,15-17,20-22,33-34H,4-6,9H2,1H3/t13-,15+,16-,17-,20+,21+,22+/m1/s1. The van der Waals surface area contributed by atoms with Gasteiger partial charge >= 0.3 is 0 Å². The summed E-state index contributed by atoms with van der Waals surface area (Å²) < 4.78 is 56.5. The van der Waals surface area contributed by atoms with Gasteiger partial charge < -0.3 is 19.7 Å². The van der Waals surface area contributed by atoms with Crippen molar-refractivity contribution in [2.24, 2.45) is 0 Å². The van der Waals surface area contributed by atoms with Gasteiger partial charge in [0, 0.05) is 25.3 Å². The molecule has 194 valence electrons. The fraction of sp³-hybridized carbons (Fsp3) is 0.545. The summed E-state index contributed by atoms with van der Waals surface area (Å²) in [4.78, 5) is 0. The maximum absolute atomic E-state index is 14.5. The van der Waals surface area contributed by atoms with Crippen molar-refractivity contribution in [3.05, 3.63) is 46.9 Å². The lowest BCUT2D eigenvalue weighted by molar-refractivity contribution is -0.212. The van der Waals surface area contributed by atoms with Gasteiger partial charge in [0.15, 0.2) is 11.6 Å². The molecule has 5 rings (SSSR count). The van der Waals surface area contributed by atoms with Gasteiger partial charge in [0.25, 0.3) is 0 Å². The maximum atomic E-state index is 14.5. The third-order valence-electron chi connectivity index (χ3n) is 6.83. The summed E-state index contributed by atoms with van der Waals surface area (Å²) in [5.41, 5.74) is 0.372. The van der Waals surface area contributed by atoms with Gasteiger partial charge in [-0.15, -0.1) is 10.2 Å². The zero-order chi connectivity index (χ0) is 25.6. The number of nitrogens with zero attached hydrogens (tertiary/aromatic N) is 6. The fourth-order valence-corrected chi connectivity index (χ4v) is 4.86. The van der Waals surface area contributed by atoms with Crippen molar-refractivity contribution in [3.63, 3.8) is 0 Å². The summed E-state index contributed by atoms with van der Waals surface area (Å²) in [6.45, 7) is -0.499. The molecule has 2 fully saturated rings. The highest BCUT2D eigenvalue weighted by molar-refractivity contribution is 6.30. The zero-order valence-electron chi connectivity index (χ0n) is 19.1. The van der Waals surface area contributed by atoms with Crippen LogP contribution in [0.25, 0.3) is 11.3 Å². The van der Waals surface area contributed by atoms with Crippen molar-refractivity contribution < 1.29 is 32.9 Å². The Morgan fingerprint density at radius 1 is 1.11 bits per heavy atom. The second-order valence-electron chi connectivity index (χ2n) is 8.94. The molecule has 1 saturated heterocycles. The van der Waals surface area contributed by atoms with Crippen LogP contribution in [0, 0.1) is 11.6 Å². The Morgan fingerprint density at radius 3 is 2.56 bits per heavy atom. The van der Waals surface area contributed by atoms with E-state index in [9.17, 15) is 23.4 Å². The number of aliphatic hydroxyl groups excluding tert-OH is 2. The SMILES string of the molecule is CO[C@@H]1[C@@H](n2cc(-c3ccc(Cl)c(F)c3F)nn2)[C@@H](O)[C@@H](CO)O[C@@H]1Cc1cn([C@H]2CC[C@H]2F)nn1. The molecule has 14 heteroatoms. The lowest BCUT2D eigenvalue weighted by Gasteiger charge is -2.43. The molecule has 0 bridgehead atoms. The Labute approximate surface area is 208 Å². The minimum atomic E-state index is -1.27. The summed E-state index contributed by atoms with van der Waals surface area (Å²) in [7, 11) is 1.42. The van der Waals surface area contributed by atoms with E-state index < -0.39 is 54.9 Å². The topological polar surface area (TPSA) is 120 Å². The van der Waals surface area contributed by atoms with E-state index in [0.717, 1.165) is 0 Å². The molecule has 36 heavy (non-hydrogen) atoms. The van der Waals surface area contributed by atoms with E-state index in [1.54, 1.807) is 6.20 Å². The number of aromatic nitrogens is 6. The molecular formula is C22H24ClF3N6O4. The molecule has 3 aromatic rings. The van der Waals surface area contributed by atoms with Crippen molar-refractivity contribution in [2.75, 3.05) is 13.7 Å². The molecule has 1 aromatic carbocycles. The van der Waals surface area contributed by atoms with Crippen molar-refractivity contribution in [1.82, 2.24) is 30.0 Å². The summed E-state index contributed by atoms with van der Waals surface area (Å²) in [6, 6.07) is 1.23. The molecular weight excluding hydrogens is 505 g/mol. The fourth-order valence-electron chi connectivity index (χ4n) is 4.71. The van der Waals surface area contributed by atoms with Crippen molar-refractivity contribution in [2.45, 2.75) is 61.9 Å². The normalized spacial score (nSPS) is 30.4. The number of hydrogen-bond acceptors (Lipinski definition) is 8. The molecule has 0 radical (unpaired) electrons. The molecule has 2 N–H and O–H groups in total. The Hall–Kier alpha value is -2.58. The number of hydrogen-bond donors (Lipinski definition) is 2. The third kappa shape index (κ3) is 4.39. The van der Waals surface area contributed by atoms with Crippen LogP contribution in [0.5, 0.6) is 0 Å². The maximum Gasteiger partial charge on any atom is 0.178 e. The van der Waals surface area contributed by atoms with Crippen LogP contribution in [-0.4, -0.2) is 84.5 Å². The van der Waals surface area contributed by atoms with Crippen LogP contribution in [0.3, 0.4) is 0 Å². The van der Waals surface area contributed by atoms with Crippen LogP contribution in [0.2, 0.25) is 5.02 Å². The van der Waals surface area contributed by atoms with E-state index in [1.165, 1.54) is 34.8 Å². The number of halogens is 4. The summed E-state index contributed by atoms with van der Waals surface area (Å²) in [6.07, 6.45) is -0.382. The first-order chi connectivity index (χ1) is 17.3. The van der Waals surface area contributed by atoms with Crippen LogP contribution in [0.4, 0.5) is 13.2 Å². The molecule has 10 nitrogen and oxygen atoms in total. The van der Waals surface area contributed by atoms with E-state index in [2.05, 4.69) is 20.6 Å². The zero-order valence-corrected chi connectivity index (χ0v) is 19.8. The summed E-state index contributed by atoms with van der Waals surface area (Å²) in [5.74, 6) is -2.39. The smallest absolute Gasteiger partial charge is 0.178 e. The first-order valence-corrected chi connectivity index (χ1v) is 11.8. The van der Waals surface area contributed by atoms with Crippen molar-refractivity contribution >= 4 is 11.6 Å². The molecule has 3 heterocycles. The monoisotopic (exact) mass is 528 g/mol. The highest BCUT2D eigenvalue weighted by Gasteiger charge is 2.47. The lowest BCUT2D eigenvalue weighted by Crippen LogP contribution is -2.57. The average molecular weight is 529 g/mol. The minimum absolute atomic E-state index is 0.0120. The molecule has 2 aliphatic rings. The number of alkyl halides is 1. The first kappa shape index (κ1) is 25.1. The highest BCUT2D eigenvalue weighted by atomic mass is 35.5. The van der Waals surface area contributed by atoms with Gasteiger partial charge in [-0.25, -0.2) is 22.5 Å². The van der Waals surface area contributed by atoms with Crippen LogP contribution in [0.1, 0.15) is 30.6 Å². The predicted molar refractivity (Wildman–Crippen MR) is 119 cm³/mol. The number of benzene rings is 1. The molecule has 1 aliphatic carbocycles. The molecule has 1 saturated carbocycles. The lowest BCUT2D eigenvalue weighted by atomic mass is 9.90. The van der Waals surface area contributed by atoms with E-state index >= 15 is 0 Å². The largest absolute Gasteiger partial charge is 0.394 e. The number of aliphatic hydroxyl groups is 2. The Morgan fingerprint density at radius 2 is 1.89 bits per heavy atom. The van der Waals surface area contributed by atoms with E-state index in [0.29, 0.717) is 18.5 Å². The van der Waals surface area contributed by atoms with Crippen molar-refractivity contribution in [3.8, 4) is 11.3 Å².